The first-order chi connectivity index (χ1) is 7.84. The monoisotopic (exact) mass is 245 g/mol. The van der Waals surface area contributed by atoms with Crippen molar-refractivity contribution in [3.8, 4) is 0 Å². The maximum absolute atomic E-state index is 12.7. The molecule has 1 unspecified atom stereocenters. The Labute approximate surface area is 100 Å². The SMILES string of the molecule is CNC(c1ccc(CC(C)C)cc1)C(F)(F)F. The fourth-order valence-electron chi connectivity index (χ4n) is 1.84. The Morgan fingerprint density at radius 2 is 1.65 bits per heavy atom. The number of benzene rings is 1. The third kappa shape index (κ3) is 4.04. The predicted molar refractivity (Wildman–Crippen MR) is 62.8 cm³/mol. The fourth-order valence-corrected chi connectivity index (χ4v) is 1.84. The Kier molecular flexibility index (Phi) is 4.57. The van der Waals surface area contributed by atoms with Crippen LogP contribution in [0.25, 0.3) is 0 Å². The Hall–Kier alpha value is -1.03. The van der Waals surface area contributed by atoms with Crippen molar-refractivity contribution >= 4 is 0 Å². The molecule has 1 aromatic carbocycles. The van der Waals surface area contributed by atoms with E-state index in [9.17, 15) is 13.2 Å². The summed E-state index contributed by atoms with van der Waals surface area (Å²) in [5.74, 6) is 0.503. The molecule has 1 aromatic rings. The second kappa shape index (κ2) is 5.54. The highest BCUT2D eigenvalue weighted by Crippen LogP contribution is 2.32. The molecule has 1 atom stereocenters. The first-order valence-electron chi connectivity index (χ1n) is 5.67. The molecule has 0 amide bonds. The van der Waals surface area contributed by atoms with Gasteiger partial charge < -0.3 is 5.32 Å². The van der Waals surface area contributed by atoms with E-state index in [1.807, 2.05) is 0 Å². The van der Waals surface area contributed by atoms with Gasteiger partial charge in [0.2, 0.25) is 0 Å². The van der Waals surface area contributed by atoms with Crippen LogP contribution < -0.4 is 5.32 Å². The van der Waals surface area contributed by atoms with Crippen molar-refractivity contribution in [2.45, 2.75) is 32.5 Å². The maximum Gasteiger partial charge on any atom is 0.407 e. The lowest BCUT2D eigenvalue weighted by atomic mass is 9.99. The highest BCUT2D eigenvalue weighted by atomic mass is 19.4. The average molecular weight is 245 g/mol. The van der Waals surface area contributed by atoms with Crippen molar-refractivity contribution in [1.29, 1.82) is 0 Å². The van der Waals surface area contributed by atoms with Crippen molar-refractivity contribution in [3.05, 3.63) is 35.4 Å². The molecule has 0 fully saturated rings. The largest absolute Gasteiger partial charge is 0.407 e. The lowest BCUT2D eigenvalue weighted by Gasteiger charge is -2.20. The van der Waals surface area contributed by atoms with Gasteiger partial charge in [0.25, 0.3) is 0 Å². The topological polar surface area (TPSA) is 12.0 Å². The molecule has 0 bridgehead atoms. The molecule has 96 valence electrons. The lowest BCUT2D eigenvalue weighted by Crippen LogP contribution is -2.31. The third-order valence-corrected chi connectivity index (χ3v) is 2.57. The normalized spacial score (nSPS) is 14.1. The molecule has 0 aliphatic rings. The van der Waals surface area contributed by atoms with Gasteiger partial charge in [-0.3, -0.25) is 0 Å². The predicted octanol–water partition coefficient (Wildman–Crippen LogP) is 3.71. The summed E-state index contributed by atoms with van der Waals surface area (Å²) >= 11 is 0. The van der Waals surface area contributed by atoms with Crippen LogP contribution in [-0.2, 0) is 6.42 Å². The van der Waals surface area contributed by atoms with E-state index in [1.54, 1.807) is 24.3 Å². The van der Waals surface area contributed by atoms with Crippen molar-refractivity contribution < 1.29 is 13.2 Å². The number of halogens is 3. The third-order valence-electron chi connectivity index (χ3n) is 2.57. The van der Waals surface area contributed by atoms with Gasteiger partial charge in [0.05, 0.1) is 0 Å². The number of hydrogen-bond donors (Lipinski definition) is 1. The second-order valence-electron chi connectivity index (χ2n) is 4.60. The minimum atomic E-state index is -4.26. The minimum absolute atomic E-state index is 0.257. The molecule has 0 radical (unpaired) electrons. The van der Waals surface area contributed by atoms with E-state index in [2.05, 4.69) is 19.2 Å². The molecular weight excluding hydrogens is 227 g/mol. The molecule has 0 saturated carbocycles. The van der Waals surface area contributed by atoms with E-state index >= 15 is 0 Å². The number of nitrogens with one attached hydrogen (secondary N) is 1. The maximum atomic E-state index is 12.7. The summed E-state index contributed by atoms with van der Waals surface area (Å²) < 4.78 is 38.0. The van der Waals surface area contributed by atoms with Gasteiger partial charge in [-0.15, -0.1) is 0 Å². The fraction of sp³-hybridized carbons (Fsp3) is 0.538. The summed E-state index contributed by atoms with van der Waals surface area (Å²) in [6, 6.07) is 5.05. The van der Waals surface area contributed by atoms with Gasteiger partial charge in [0.1, 0.15) is 6.04 Å². The van der Waals surface area contributed by atoms with Gasteiger partial charge in [0.15, 0.2) is 0 Å². The van der Waals surface area contributed by atoms with Crippen molar-refractivity contribution in [2.24, 2.45) is 5.92 Å². The Morgan fingerprint density at radius 1 is 1.12 bits per heavy atom. The van der Waals surface area contributed by atoms with Gasteiger partial charge in [-0.1, -0.05) is 38.1 Å². The number of hydrogen-bond acceptors (Lipinski definition) is 1. The minimum Gasteiger partial charge on any atom is -0.306 e. The summed E-state index contributed by atoms with van der Waals surface area (Å²) in [4.78, 5) is 0. The van der Waals surface area contributed by atoms with Gasteiger partial charge in [-0.05, 0) is 30.5 Å². The van der Waals surface area contributed by atoms with E-state index in [-0.39, 0.29) is 5.56 Å². The molecule has 0 aliphatic carbocycles. The van der Waals surface area contributed by atoms with Crippen LogP contribution in [0.3, 0.4) is 0 Å². The van der Waals surface area contributed by atoms with Crippen LogP contribution in [-0.4, -0.2) is 13.2 Å². The highest BCUT2D eigenvalue weighted by molar-refractivity contribution is 5.26. The molecule has 0 heterocycles. The van der Waals surface area contributed by atoms with Gasteiger partial charge in [-0.2, -0.15) is 13.2 Å². The van der Waals surface area contributed by atoms with E-state index in [0.717, 1.165) is 12.0 Å². The zero-order chi connectivity index (χ0) is 13.1. The average Bonchev–Trinajstić information content (AvgIpc) is 2.18. The van der Waals surface area contributed by atoms with E-state index in [4.69, 9.17) is 0 Å². The molecule has 17 heavy (non-hydrogen) atoms. The summed E-state index contributed by atoms with van der Waals surface area (Å²) in [6.45, 7) is 4.17. The molecule has 1 nitrogen and oxygen atoms in total. The molecule has 0 aliphatic heterocycles. The van der Waals surface area contributed by atoms with Crippen LogP contribution in [0.5, 0.6) is 0 Å². The van der Waals surface area contributed by atoms with Crippen molar-refractivity contribution in [2.75, 3.05) is 7.05 Å². The summed E-state index contributed by atoms with van der Waals surface area (Å²) in [6.07, 6.45) is -3.37. The quantitative estimate of drug-likeness (QED) is 0.852. The highest BCUT2D eigenvalue weighted by Gasteiger charge is 2.39. The Bertz CT molecular complexity index is 341. The molecule has 1 rings (SSSR count). The van der Waals surface area contributed by atoms with E-state index in [0.29, 0.717) is 5.92 Å². The Morgan fingerprint density at radius 3 is 2.00 bits per heavy atom. The van der Waals surface area contributed by atoms with Gasteiger partial charge in [-0.25, -0.2) is 0 Å². The second-order valence-corrected chi connectivity index (χ2v) is 4.60. The van der Waals surface area contributed by atoms with E-state index in [1.165, 1.54) is 7.05 Å². The summed E-state index contributed by atoms with van der Waals surface area (Å²) in [5, 5.41) is 2.29. The zero-order valence-corrected chi connectivity index (χ0v) is 10.3. The zero-order valence-electron chi connectivity index (χ0n) is 10.3. The van der Waals surface area contributed by atoms with Crippen molar-refractivity contribution in [1.82, 2.24) is 5.32 Å². The standard InChI is InChI=1S/C13H18F3N/c1-9(2)8-10-4-6-11(7-5-10)12(17-3)13(14,15)16/h4-7,9,12,17H,8H2,1-3H3. The van der Waals surface area contributed by atoms with Gasteiger partial charge >= 0.3 is 6.18 Å². The van der Waals surface area contributed by atoms with Crippen LogP contribution in [0.2, 0.25) is 0 Å². The van der Waals surface area contributed by atoms with Crippen molar-refractivity contribution in [3.63, 3.8) is 0 Å². The lowest BCUT2D eigenvalue weighted by molar-refractivity contribution is -0.156. The first kappa shape index (κ1) is 14.0. The Balaban J connectivity index is 2.86. The molecule has 1 N–H and O–H groups in total. The van der Waals surface area contributed by atoms with Crippen LogP contribution in [0.4, 0.5) is 13.2 Å². The summed E-state index contributed by atoms with van der Waals surface area (Å²) in [7, 11) is 1.32. The van der Waals surface area contributed by atoms with Crippen LogP contribution in [0, 0.1) is 5.92 Å². The van der Waals surface area contributed by atoms with Gasteiger partial charge in [0, 0.05) is 0 Å². The number of alkyl halides is 3. The van der Waals surface area contributed by atoms with Crippen LogP contribution >= 0.6 is 0 Å². The van der Waals surface area contributed by atoms with E-state index < -0.39 is 12.2 Å². The molecular formula is C13H18F3N. The number of rotatable bonds is 4. The molecule has 0 saturated heterocycles. The summed E-state index contributed by atoms with van der Waals surface area (Å²) in [5.41, 5.74) is 1.33. The first-order valence-corrected chi connectivity index (χ1v) is 5.67. The molecule has 0 aromatic heterocycles. The van der Waals surface area contributed by atoms with Crippen LogP contribution in [0.15, 0.2) is 24.3 Å². The molecule has 0 spiro atoms. The molecule has 4 heteroatoms. The van der Waals surface area contributed by atoms with Crippen LogP contribution in [0.1, 0.15) is 31.0 Å². The smallest absolute Gasteiger partial charge is 0.306 e.